The number of aromatic nitrogens is 1. The third-order valence-electron chi connectivity index (χ3n) is 4.67. The Labute approximate surface area is 184 Å². The smallest absolute Gasteiger partial charge is 0.263 e. The third-order valence-corrected chi connectivity index (χ3v) is 7.32. The highest BCUT2D eigenvalue weighted by Crippen LogP contribution is 2.22. The van der Waals surface area contributed by atoms with E-state index in [-0.39, 0.29) is 0 Å². The minimum absolute atomic E-state index is 0.373. The summed E-state index contributed by atoms with van der Waals surface area (Å²) >= 11 is 7.31. The molecule has 1 aromatic heterocycles. The molecule has 8 nitrogen and oxygen atoms in total. The predicted molar refractivity (Wildman–Crippen MR) is 116 cm³/mol. The standard InChI is InChI=1S/C19H24ClN3O5S2/c1-2-28-10-9-23-15-6-5-14(20)11-16(15)29-19(23)21-17(24)12-30(26,27)13-18(25)22-7-3-4-8-22/h5-6,11H,2-4,7-10,12-13H2,1H3. The number of halogens is 1. The zero-order valence-corrected chi connectivity index (χ0v) is 19.1. The van der Waals surface area contributed by atoms with Crippen molar-refractivity contribution in [1.82, 2.24) is 9.47 Å². The first-order chi connectivity index (χ1) is 14.3. The summed E-state index contributed by atoms with van der Waals surface area (Å²) in [5, 5.41) is 0.557. The van der Waals surface area contributed by atoms with E-state index in [1.807, 2.05) is 17.6 Å². The number of ether oxygens (including phenoxy) is 1. The van der Waals surface area contributed by atoms with Gasteiger partial charge >= 0.3 is 0 Å². The summed E-state index contributed by atoms with van der Waals surface area (Å²) in [4.78, 5) is 30.5. The van der Waals surface area contributed by atoms with Crippen molar-refractivity contribution >= 4 is 54.8 Å². The van der Waals surface area contributed by atoms with E-state index in [0.717, 1.165) is 23.1 Å². The highest BCUT2D eigenvalue weighted by Gasteiger charge is 2.26. The van der Waals surface area contributed by atoms with Crippen molar-refractivity contribution in [3.8, 4) is 0 Å². The Hall–Kier alpha value is -1.75. The van der Waals surface area contributed by atoms with Crippen molar-refractivity contribution in [2.75, 3.05) is 37.8 Å². The van der Waals surface area contributed by atoms with E-state index in [4.69, 9.17) is 16.3 Å². The molecule has 1 aliphatic rings. The molecule has 0 atom stereocenters. The zero-order valence-electron chi connectivity index (χ0n) is 16.7. The first kappa shape index (κ1) is 22.9. The number of carbonyl (C=O) groups is 2. The molecule has 0 bridgehead atoms. The quantitative estimate of drug-likeness (QED) is 0.545. The van der Waals surface area contributed by atoms with Crippen molar-refractivity contribution in [2.45, 2.75) is 26.3 Å². The van der Waals surface area contributed by atoms with Crippen molar-refractivity contribution in [2.24, 2.45) is 4.99 Å². The first-order valence-corrected chi connectivity index (χ1v) is 12.7. The first-order valence-electron chi connectivity index (χ1n) is 9.71. The van der Waals surface area contributed by atoms with Crippen LogP contribution in [0, 0.1) is 0 Å². The lowest BCUT2D eigenvalue weighted by Gasteiger charge is -2.14. The van der Waals surface area contributed by atoms with Gasteiger partial charge in [0.15, 0.2) is 14.6 Å². The Bertz CT molecular complexity index is 1100. The molecule has 0 N–H and O–H groups in total. The molecule has 2 amide bonds. The number of rotatable bonds is 8. The zero-order chi connectivity index (χ0) is 21.7. The minimum atomic E-state index is -3.89. The Morgan fingerprint density at radius 3 is 2.67 bits per heavy atom. The second-order valence-electron chi connectivity index (χ2n) is 6.97. The number of carbonyl (C=O) groups excluding carboxylic acids is 2. The molecule has 0 spiro atoms. The Balaban J connectivity index is 1.81. The van der Waals surface area contributed by atoms with Gasteiger partial charge in [0, 0.05) is 31.3 Å². The largest absolute Gasteiger partial charge is 0.380 e. The summed E-state index contributed by atoms with van der Waals surface area (Å²) in [5.74, 6) is -2.72. The number of thiazole rings is 1. The Morgan fingerprint density at radius 1 is 1.23 bits per heavy atom. The van der Waals surface area contributed by atoms with Gasteiger partial charge in [-0.2, -0.15) is 4.99 Å². The molecule has 164 valence electrons. The second-order valence-corrected chi connectivity index (χ2v) is 10.5. The number of hydrogen-bond donors (Lipinski definition) is 0. The maximum atomic E-state index is 12.4. The normalized spacial score (nSPS) is 15.3. The molecule has 0 radical (unpaired) electrons. The van der Waals surface area contributed by atoms with E-state index in [2.05, 4.69) is 4.99 Å². The monoisotopic (exact) mass is 473 g/mol. The highest BCUT2D eigenvalue weighted by atomic mass is 35.5. The van der Waals surface area contributed by atoms with Gasteiger partial charge in [0.1, 0.15) is 11.5 Å². The van der Waals surface area contributed by atoms with E-state index < -0.39 is 33.2 Å². The van der Waals surface area contributed by atoms with Crippen LogP contribution in [0.15, 0.2) is 23.2 Å². The number of hydrogen-bond acceptors (Lipinski definition) is 6. The fourth-order valence-corrected chi connectivity index (χ4v) is 5.72. The van der Waals surface area contributed by atoms with Crippen LogP contribution in [-0.4, -0.2) is 67.5 Å². The molecule has 3 rings (SSSR count). The molecule has 0 saturated carbocycles. The van der Waals surface area contributed by atoms with E-state index in [0.29, 0.717) is 42.7 Å². The summed E-state index contributed by atoms with van der Waals surface area (Å²) in [6, 6.07) is 5.34. The van der Waals surface area contributed by atoms with Gasteiger partial charge in [-0.15, -0.1) is 0 Å². The summed E-state index contributed by atoms with van der Waals surface area (Å²) in [7, 11) is -3.89. The van der Waals surface area contributed by atoms with Crippen LogP contribution in [0.5, 0.6) is 0 Å². The average molecular weight is 474 g/mol. The Kier molecular flexibility index (Phi) is 7.67. The summed E-state index contributed by atoms with van der Waals surface area (Å²) < 4.78 is 32.7. The van der Waals surface area contributed by atoms with Crippen molar-refractivity contribution in [3.05, 3.63) is 28.0 Å². The van der Waals surface area contributed by atoms with Crippen LogP contribution in [0.3, 0.4) is 0 Å². The summed E-state index contributed by atoms with van der Waals surface area (Å²) in [5.41, 5.74) is 0.836. The number of likely N-dealkylation sites (tertiary alicyclic amines) is 1. The SMILES string of the molecule is CCOCCn1c(=NC(=O)CS(=O)(=O)CC(=O)N2CCCC2)sc2cc(Cl)ccc21. The number of sulfone groups is 1. The van der Waals surface area contributed by atoms with Crippen LogP contribution in [0.2, 0.25) is 5.02 Å². The highest BCUT2D eigenvalue weighted by molar-refractivity contribution is 7.92. The predicted octanol–water partition coefficient (Wildman–Crippen LogP) is 1.86. The van der Waals surface area contributed by atoms with Crippen LogP contribution in [0.1, 0.15) is 19.8 Å². The molecule has 1 aliphatic heterocycles. The molecular weight excluding hydrogens is 450 g/mol. The number of fused-ring (bicyclic) bond motifs is 1. The molecule has 1 fully saturated rings. The van der Waals surface area contributed by atoms with Gasteiger partial charge in [-0.25, -0.2) is 8.42 Å². The fourth-order valence-electron chi connectivity index (χ4n) is 3.27. The van der Waals surface area contributed by atoms with Gasteiger partial charge in [0.2, 0.25) is 5.91 Å². The number of amides is 2. The van der Waals surface area contributed by atoms with Crippen LogP contribution in [-0.2, 0) is 30.7 Å². The van der Waals surface area contributed by atoms with Gasteiger partial charge in [0.05, 0.1) is 16.8 Å². The molecular formula is C19H24ClN3O5S2. The molecule has 2 aromatic rings. The van der Waals surface area contributed by atoms with Crippen LogP contribution in [0.25, 0.3) is 10.2 Å². The molecule has 1 aromatic carbocycles. The molecule has 30 heavy (non-hydrogen) atoms. The fraction of sp³-hybridized carbons (Fsp3) is 0.526. The maximum absolute atomic E-state index is 12.4. The molecule has 2 heterocycles. The van der Waals surface area contributed by atoms with E-state index >= 15 is 0 Å². The van der Waals surface area contributed by atoms with Crippen LogP contribution < -0.4 is 4.80 Å². The van der Waals surface area contributed by atoms with E-state index in [9.17, 15) is 18.0 Å². The average Bonchev–Trinajstić information content (AvgIpc) is 3.29. The lowest BCUT2D eigenvalue weighted by atomic mass is 10.3. The van der Waals surface area contributed by atoms with Crippen LogP contribution in [0.4, 0.5) is 0 Å². The van der Waals surface area contributed by atoms with Crippen molar-refractivity contribution in [1.29, 1.82) is 0 Å². The maximum Gasteiger partial charge on any atom is 0.263 e. The Morgan fingerprint density at radius 2 is 1.97 bits per heavy atom. The molecule has 0 aliphatic carbocycles. The lowest BCUT2D eigenvalue weighted by Crippen LogP contribution is -2.35. The summed E-state index contributed by atoms with van der Waals surface area (Å²) in [6.45, 7) is 4.47. The topological polar surface area (TPSA) is 98.0 Å². The molecule has 11 heteroatoms. The van der Waals surface area contributed by atoms with Gasteiger partial charge in [-0.05, 0) is 38.0 Å². The van der Waals surface area contributed by atoms with Crippen molar-refractivity contribution in [3.63, 3.8) is 0 Å². The molecule has 0 unspecified atom stereocenters. The van der Waals surface area contributed by atoms with E-state index in [1.165, 1.54) is 16.2 Å². The number of benzene rings is 1. The van der Waals surface area contributed by atoms with Crippen molar-refractivity contribution < 1.29 is 22.7 Å². The van der Waals surface area contributed by atoms with Gasteiger partial charge < -0.3 is 14.2 Å². The molecule has 1 saturated heterocycles. The van der Waals surface area contributed by atoms with Gasteiger partial charge in [-0.1, -0.05) is 22.9 Å². The summed E-state index contributed by atoms with van der Waals surface area (Å²) in [6.07, 6.45) is 1.75. The van der Waals surface area contributed by atoms with Gasteiger partial charge in [0.25, 0.3) is 5.91 Å². The minimum Gasteiger partial charge on any atom is -0.380 e. The third kappa shape index (κ3) is 5.90. The van der Waals surface area contributed by atoms with Gasteiger partial charge in [-0.3, -0.25) is 9.59 Å². The number of nitrogens with zero attached hydrogens (tertiary/aromatic N) is 3. The van der Waals surface area contributed by atoms with E-state index in [1.54, 1.807) is 12.1 Å². The second kappa shape index (κ2) is 10.0. The lowest BCUT2D eigenvalue weighted by molar-refractivity contribution is -0.127. The van der Waals surface area contributed by atoms with Crippen LogP contribution >= 0.6 is 22.9 Å².